The number of rotatable bonds is 4. The lowest BCUT2D eigenvalue weighted by molar-refractivity contribution is 0.101. The highest BCUT2D eigenvalue weighted by atomic mass is 32.1. The molecule has 4 aromatic rings. The number of thiophene rings is 1. The normalized spacial score (nSPS) is 13.2. The molecule has 1 aliphatic heterocycles. The Morgan fingerprint density at radius 3 is 2.81 bits per heavy atom. The Bertz CT molecular complexity index is 1290. The molecule has 0 fully saturated rings. The van der Waals surface area contributed by atoms with Gasteiger partial charge in [-0.1, -0.05) is 12.1 Å². The largest absolute Gasteiger partial charge is 0.450 e. The number of benzene rings is 1. The summed E-state index contributed by atoms with van der Waals surface area (Å²) in [5.74, 6) is -0.229. The van der Waals surface area contributed by atoms with Gasteiger partial charge in [0.1, 0.15) is 15.7 Å². The van der Waals surface area contributed by atoms with Crippen LogP contribution in [0.1, 0.15) is 27.9 Å². The van der Waals surface area contributed by atoms with E-state index in [4.69, 9.17) is 9.72 Å². The molecule has 10 heteroatoms. The van der Waals surface area contributed by atoms with Crippen LogP contribution >= 0.6 is 22.7 Å². The van der Waals surface area contributed by atoms with Gasteiger partial charge in [0.2, 0.25) is 0 Å². The smallest absolute Gasteiger partial charge is 0.410 e. The number of aromatic nitrogens is 3. The van der Waals surface area contributed by atoms with Crippen LogP contribution in [0.15, 0.2) is 36.5 Å². The van der Waals surface area contributed by atoms with Gasteiger partial charge in [-0.25, -0.2) is 9.78 Å². The van der Waals surface area contributed by atoms with Crippen LogP contribution in [0.5, 0.6) is 0 Å². The van der Waals surface area contributed by atoms with Gasteiger partial charge in [-0.15, -0.1) is 22.7 Å². The Labute approximate surface area is 192 Å². The van der Waals surface area contributed by atoms with Gasteiger partial charge in [0.25, 0.3) is 5.91 Å². The maximum absolute atomic E-state index is 13.0. The van der Waals surface area contributed by atoms with E-state index in [1.54, 1.807) is 47.2 Å². The number of fused-ring (bicyclic) bond motifs is 2. The minimum Gasteiger partial charge on any atom is -0.450 e. The molecule has 1 aliphatic rings. The zero-order chi connectivity index (χ0) is 22.2. The summed E-state index contributed by atoms with van der Waals surface area (Å²) in [6, 6.07) is 9.69. The molecule has 0 unspecified atom stereocenters. The molecule has 3 aromatic heterocycles. The van der Waals surface area contributed by atoms with Crippen molar-refractivity contribution >= 4 is 49.9 Å². The zero-order valence-electron chi connectivity index (χ0n) is 17.6. The number of nitrogens with zero attached hydrogens (tertiary/aromatic N) is 4. The maximum atomic E-state index is 13.0. The molecule has 5 rings (SSSR count). The monoisotopic (exact) mass is 467 g/mol. The predicted octanol–water partition coefficient (Wildman–Crippen LogP) is 4.53. The average Bonchev–Trinajstić information content (AvgIpc) is 3.48. The van der Waals surface area contributed by atoms with E-state index in [0.29, 0.717) is 31.8 Å². The highest BCUT2D eigenvalue weighted by molar-refractivity contribution is 7.23. The van der Waals surface area contributed by atoms with E-state index in [2.05, 4.69) is 10.4 Å². The Hall–Kier alpha value is -3.24. The molecule has 0 atom stereocenters. The van der Waals surface area contributed by atoms with Gasteiger partial charge in [0, 0.05) is 30.2 Å². The van der Waals surface area contributed by atoms with E-state index in [0.717, 1.165) is 36.2 Å². The molecule has 0 bridgehead atoms. The first kappa shape index (κ1) is 20.7. The highest BCUT2D eigenvalue weighted by Crippen LogP contribution is 2.45. The van der Waals surface area contributed by atoms with Crippen LogP contribution in [0.4, 0.5) is 9.80 Å². The summed E-state index contributed by atoms with van der Waals surface area (Å²) in [4.78, 5) is 32.8. The van der Waals surface area contributed by atoms with Gasteiger partial charge in [-0.2, -0.15) is 5.10 Å². The molecular weight excluding hydrogens is 446 g/mol. The minimum absolute atomic E-state index is 0.229. The first-order valence-electron chi connectivity index (χ1n) is 10.3. The molecule has 8 nitrogen and oxygen atoms in total. The van der Waals surface area contributed by atoms with Gasteiger partial charge >= 0.3 is 6.09 Å². The van der Waals surface area contributed by atoms with E-state index in [9.17, 15) is 9.59 Å². The molecule has 0 spiro atoms. The van der Waals surface area contributed by atoms with Crippen molar-refractivity contribution in [1.82, 2.24) is 19.7 Å². The number of anilines is 1. The molecule has 164 valence electrons. The first-order valence-corrected chi connectivity index (χ1v) is 11.9. The second-order valence-corrected chi connectivity index (χ2v) is 9.50. The second-order valence-electron chi connectivity index (χ2n) is 7.36. The third kappa shape index (κ3) is 3.65. The van der Waals surface area contributed by atoms with Gasteiger partial charge < -0.3 is 15.0 Å². The number of para-hydroxylation sites is 1. The number of hydrogen-bond donors (Lipinski definition) is 1. The van der Waals surface area contributed by atoms with E-state index in [-0.39, 0.29) is 12.0 Å². The molecule has 2 amide bonds. The van der Waals surface area contributed by atoms with Gasteiger partial charge in [-0.05, 0) is 37.1 Å². The Morgan fingerprint density at radius 2 is 2.06 bits per heavy atom. The number of carbonyl (C=O) groups excluding carboxylic acids is 2. The van der Waals surface area contributed by atoms with Crippen molar-refractivity contribution in [3.05, 3.63) is 52.7 Å². The summed E-state index contributed by atoms with van der Waals surface area (Å²) < 4.78 is 7.82. The van der Waals surface area contributed by atoms with Crippen molar-refractivity contribution in [2.24, 2.45) is 7.05 Å². The van der Waals surface area contributed by atoms with E-state index < -0.39 is 0 Å². The molecule has 1 aromatic carbocycles. The molecular formula is C22H21N5O3S2. The van der Waals surface area contributed by atoms with Crippen molar-refractivity contribution in [2.45, 2.75) is 19.9 Å². The Morgan fingerprint density at radius 1 is 1.22 bits per heavy atom. The highest BCUT2D eigenvalue weighted by Gasteiger charge is 2.30. The average molecular weight is 468 g/mol. The molecule has 0 saturated carbocycles. The first-order chi connectivity index (χ1) is 15.5. The lowest BCUT2D eigenvalue weighted by atomic mass is 10.0. The van der Waals surface area contributed by atoms with Crippen molar-refractivity contribution in [2.75, 3.05) is 18.5 Å². The number of carbonyl (C=O) groups is 2. The fourth-order valence-electron chi connectivity index (χ4n) is 3.83. The van der Waals surface area contributed by atoms with Crippen LogP contribution in [0.3, 0.4) is 0 Å². The summed E-state index contributed by atoms with van der Waals surface area (Å²) in [7, 11) is 1.74. The van der Waals surface area contributed by atoms with Crippen LogP contribution in [-0.4, -0.2) is 44.8 Å². The maximum Gasteiger partial charge on any atom is 0.410 e. The number of nitrogens with one attached hydrogen (secondary N) is 1. The summed E-state index contributed by atoms with van der Waals surface area (Å²) in [6.45, 7) is 3.17. The summed E-state index contributed by atoms with van der Waals surface area (Å²) in [5, 5.41) is 8.78. The third-order valence-corrected chi connectivity index (χ3v) is 7.56. The van der Waals surface area contributed by atoms with Crippen molar-refractivity contribution in [3.63, 3.8) is 0 Å². The molecule has 4 heterocycles. The van der Waals surface area contributed by atoms with Gasteiger partial charge in [0.15, 0.2) is 0 Å². The molecule has 1 N–H and O–H groups in total. The molecule has 0 aliphatic carbocycles. The quantitative estimate of drug-likeness (QED) is 0.476. The topological polar surface area (TPSA) is 89.4 Å². The van der Waals surface area contributed by atoms with Crippen LogP contribution in [0.2, 0.25) is 0 Å². The van der Waals surface area contributed by atoms with Crippen molar-refractivity contribution in [3.8, 4) is 10.6 Å². The summed E-state index contributed by atoms with van der Waals surface area (Å²) in [5.41, 5.74) is 3.49. The standard InChI is InChI=1S/C22H21N5O3S2/c1-3-30-22(29)27-11-9-13-17(12-27)32-21(25-19(28)15-8-10-23-26(15)2)18(13)20-24-14-6-4-5-7-16(14)31-20/h4-8,10H,3,9,11-12H2,1-2H3,(H,25,28). The predicted molar refractivity (Wildman–Crippen MR) is 125 cm³/mol. The SMILES string of the molecule is CCOC(=O)N1CCc2c(sc(NC(=O)c3ccnn3C)c2-c2nc3ccccc3s2)C1. The fraction of sp³-hybridized carbons (Fsp3) is 0.273. The minimum atomic E-state index is -0.312. The number of ether oxygens (including phenoxy) is 1. The number of thiazole rings is 1. The fourth-order valence-corrected chi connectivity index (χ4v) is 6.20. The van der Waals surface area contributed by atoms with Gasteiger partial charge in [-0.3, -0.25) is 9.48 Å². The molecule has 32 heavy (non-hydrogen) atoms. The zero-order valence-corrected chi connectivity index (χ0v) is 19.3. The van der Waals surface area contributed by atoms with Crippen LogP contribution in [0.25, 0.3) is 20.8 Å². The lowest BCUT2D eigenvalue weighted by Crippen LogP contribution is -2.35. The Kier molecular flexibility index (Phi) is 5.40. The lowest BCUT2D eigenvalue weighted by Gasteiger charge is -2.26. The second kappa shape index (κ2) is 8.36. The van der Waals surface area contributed by atoms with Crippen molar-refractivity contribution in [1.29, 1.82) is 0 Å². The van der Waals surface area contributed by atoms with E-state index in [1.807, 2.05) is 24.3 Å². The number of aryl methyl sites for hydroxylation is 1. The Balaban J connectivity index is 1.56. The third-order valence-electron chi connectivity index (χ3n) is 5.37. The summed E-state index contributed by atoms with van der Waals surface area (Å²) in [6.07, 6.45) is 1.96. The molecule has 0 saturated heterocycles. The van der Waals surface area contributed by atoms with Crippen LogP contribution < -0.4 is 5.32 Å². The van der Waals surface area contributed by atoms with Crippen LogP contribution in [0, 0.1) is 0 Å². The van der Waals surface area contributed by atoms with E-state index in [1.165, 1.54) is 11.3 Å². The van der Waals surface area contributed by atoms with Gasteiger partial charge in [0.05, 0.1) is 23.4 Å². The molecule has 0 radical (unpaired) electrons. The van der Waals surface area contributed by atoms with E-state index >= 15 is 0 Å². The number of amides is 2. The van der Waals surface area contributed by atoms with Crippen LogP contribution in [-0.2, 0) is 24.8 Å². The summed E-state index contributed by atoms with van der Waals surface area (Å²) >= 11 is 3.10. The van der Waals surface area contributed by atoms with Crippen molar-refractivity contribution < 1.29 is 14.3 Å². The number of hydrogen-bond acceptors (Lipinski definition) is 7.